The number of hydrogen-bond donors (Lipinski definition) is 1. The first-order chi connectivity index (χ1) is 14.6. The Morgan fingerprint density at radius 2 is 1.60 bits per heavy atom. The van der Waals surface area contributed by atoms with Gasteiger partial charge in [0.25, 0.3) is 5.91 Å². The Balaban J connectivity index is 1.80. The third-order valence-electron chi connectivity index (χ3n) is 4.71. The number of rotatable bonds is 5. The second kappa shape index (κ2) is 8.13. The fourth-order valence-corrected chi connectivity index (χ4v) is 3.18. The molecule has 0 atom stereocenters. The van der Waals surface area contributed by atoms with Crippen molar-refractivity contribution in [2.45, 2.75) is 0 Å². The minimum atomic E-state index is -0.255. The van der Waals surface area contributed by atoms with Crippen LogP contribution in [0, 0.1) is 0 Å². The fourth-order valence-electron chi connectivity index (χ4n) is 3.18. The molecular weight excluding hydrogens is 380 g/mol. The van der Waals surface area contributed by atoms with E-state index in [1.165, 1.54) is 17.0 Å². The minimum absolute atomic E-state index is 0.125. The van der Waals surface area contributed by atoms with Crippen molar-refractivity contribution in [2.75, 3.05) is 19.1 Å². The number of phenols is 1. The summed E-state index contributed by atoms with van der Waals surface area (Å²) in [6.45, 7) is 0. The fraction of sp³-hybridized carbons (Fsp3) is 0.0833. The van der Waals surface area contributed by atoms with Gasteiger partial charge < -0.3 is 14.6 Å². The highest BCUT2D eigenvalue weighted by Crippen LogP contribution is 2.30. The molecule has 0 aliphatic carbocycles. The van der Waals surface area contributed by atoms with Crippen LogP contribution in [0.25, 0.3) is 6.08 Å². The van der Waals surface area contributed by atoms with Crippen LogP contribution in [0.3, 0.4) is 0 Å². The molecule has 0 bridgehead atoms. The number of aliphatic imine (C=N–C) groups is 1. The standard InChI is InChI=1S/C24H20N2O4/c1-29-20-12-6-17(7-13-20)23-25-22(15-16-4-3-5-21(14-16)30-2)24(28)26(23)18-8-10-19(27)11-9-18/h3-15,27H,1-2H3/b22-15+. The summed E-state index contributed by atoms with van der Waals surface area (Å²) in [5.74, 6) is 1.79. The van der Waals surface area contributed by atoms with E-state index in [-0.39, 0.29) is 11.7 Å². The Hall–Kier alpha value is -4.06. The SMILES string of the molecule is COc1ccc(C2=N/C(=C/c3cccc(OC)c3)C(=O)N2c2ccc(O)cc2)cc1. The van der Waals surface area contributed by atoms with Crippen LogP contribution in [-0.2, 0) is 4.79 Å². The Morgan fingerprint density at radius 1 is 0.900 bits per heavy atom. The van der Waals surface area contributed by atoms with E-state index in [4.69, 9.17) is 9.47 Å². The Kier molecular flexibility index (Phi) is 5.22. The maximum atomic E-state index is 13.3. The molecule has 150 valence electrons. The highest BCUT2D eigenvalue weighted by atomic mass is 16.5. The number of nitrogens with zero attached hydrogens (tertiary/aromatic N) is 2. The Labute approximate surface area is 174 Å². The van der Waals surface area contributed by atoms with Gasteiger partial charge in [0, 0.05) is 5.56 Å². The molecule has 0 radical (unpaired) electrons. The van der Waals surface area contributed by atoms with Gasteiger partial charge in [0.15, 0.2) is 0 Å². The van der Waals surface area contributed by atoms with E-state index in [0.29, 0.717) is 28.7 Å². The summed E-state index contributed by atoms with van der Waals surface area (Å²) in [6, 6.07) is 21.2. The molecule has 30 heavy (non-hydrogen) atoms. The summed E-state index contributed by atoms with van der Waals surface area (Å²) < 4.78 is 10.5. The summed E-state index contributed by atoms with van der Waals surface area (Å²) in [4.78, 5) is 19.5. The van der Waals surface area contributed by atoms with E-state index < -0.39 is 0 Å². The lowest BCUT2D eigenvalue weighted by atomic mass is 10.1. The number of ether oxygens (including phenoxy) is 2. The molecule has 0 aromatic heterocycles. The number of amides is 1. The summed E-state index contributed by atoms with van der Waals surface area (Å²) >= 11 is 0. The molecule has 4 rings (SSSR count). The lowest BCUT2D eigenvalue weighted by molar-refractivity contribution is -0.113. The zero-order chi connectivity index (χ0) is 21.1. The van der Waals surface area contributed by atoms with Gasteiger partial charge in [0.2, 0.25) is 0 Å². The van der Waals surface area contributed by atoms with Crippen LogP contribution < -0.4 is 14.4 Å². The lowest BCUT2D eigenvalue weighted by Gasteiger charge is -2.18. The van der Waals surface area contributed by atoms with Gasteiger partial charge in [-0.25, -0.2) is 4.99 Å². The number of hydrogen-bond acceptors (Lipinski definition) is 5. The highest BCUT2D eigenvalue weighted by Gasteiger charge is 2.32. The van der Waals surface area contributed by atoms with Crippen molar-refractivity contribution in [3.63, 3.8) is 0 Å². The molecule has 0 spiro atoms. The van der Waals surface area contributed by atoms with E-state index >= 15 is 0 Å². The van der Waals surface area contributed by atoms with Crippen LogP contribution >= 0.6 is 0 Å². The number of amidine groups is 1. The van der Waals surface area contributed by atoms with Gasteiger partial charge in [-0.2, -0.15) is 0 Å². The van der Waals surface area contributed by atoms with Gasteiger partial charge in [-0.15, -0.1) is 0 Å². The van der Waals surface area contributed by atoms with Crippen molar-refractivity contribution < 1.29 is 19.4 Å². The monoisotopic (exact) mass is 400 g/mol. The number of anilines is 1. The van der Waals surface area contributed by atoms with Gasteiger partial charge >= 0.3 is 0 Å². The molecule has 0 saturated heterocycles. The number of benzene rings is 3. The molecule has 6 heteroatoms. The molecule has 0 saturated carbocycles. The molecule has 3 aromatic rings. The van der Waals surface area contributed by atoms with Gasteiger partial charge in [-0.1, -0.05) is 12.1 Å². The second-order valence-electron chi connectivity index (χ2n) is 6.63. The summed E-state index contributed by atoms with van der Waals surface area (Å²) in [6.07, 6.45) is 1.73. The zero-order valence-corrected chi connectivity index (χ0v) is 16.6. The minimum Gasteiger partial charge on any atom is -0.508 e. The number of phenolic OH excluding ortho intramolecular Hbond substituents is 1. The number of carbonyl (C=O) groups excluding carboxylic acids is 1. The molecule has 0 fully saturated rings. The van der Waals surface area contributed by atoms with Crippen LogP contribution in [0.5, 0.6) is 17.2 Å². The van der Waals surface area contributed by atoms with E-state index in [9.17, 15) is 9.90 Å². The topological polar surface area (TPSA) is 71.4 Å². The molecule has 1 aliphatic heterocycles. The van der Waals surface area contributed by atoms with Gasteiger partial charge in [-0.3, -0.25) is 9.69 Å². The van der Waals surface area contributed by atoms with Crippen LogP contribution in [0.2, 0.25) is 0 Å². The van der Waals surface area contributed by atoms with Crippen molar-refractivity contribution >= 4 is 23.5 Å². The van der Waals surface area contributed by atoms with Crippen LogP contribution in [-0.4, -0.2) is 31.1 Å². The smallest absolute Gasteiger partial charge is 0.282 e. The van der Waals surface area contributed by atoms with E-state index in [2.05, 4.69) is 4.99 Å². The van der Waals surface area contributed by atoms with Crippen molar-refractivity contribution in [2.24, 2.45) is 4.99 Å². The van der Waals surface area contributed by atoms with Crippen molar-refractivity contribution in [1.29, 1.82) is 0 Å². The summed E-state index contributed by atoms with van der Waals surface area (Å²) in [5.41, 5.74) is 2.50. The first-order valence-electron chi connectivity index (χ1n) is 9.31. The van der Waals surface area contributed by atoms with E-state index in [0.717, 1.165) is 11.1 Å². The summed E-state index contributed by atoms with van der Waals surface area (Å²) in [5, 5.41) is 9.63. The van der Waals surface area contributed by atoms with Gasteiger partial charge in [-0.05, 0) is 72.3 Å². The van der Waals surface area contributed by atoms with E-state index in [1.807, 2.05) is 48.5 Å². The maximum absolute atomic E-state index is 13.3. The number of aromatic hydroxyl groups is 1. The van der Waals surface area contributed by atoms with E-state index in [1.54, 1.807) is 32.4 Å². The largest absolute Gasteiger partial charge is 0.508 e. The Bertz CT molecular complexity index is 1130. The molecular formula is C24H20N2O4. The predicted octanol–water partition coefficient (Wildman–Crippen LogP) is 4.24. The third-order valence-corrected chi connectivity index (χ3v) is 4.71. The van der Waals surface area contributed by atoms with Crippen molar-refractivity contribution in [1.82, 2.24) is 0 Å². The number of methoxy groups -OCH3 is 2. The third kappa shape index (κ3) is 3.75. The van der Waals surface area contributed by atoms with Crippen LogP contribution in [0.1, 0.15) is 11.1 Å². The zero-order valence-electron chi connectivity index (χ0n) is 16.6. The van der Waals surface area contributed by atoms with Crippen molar-refractivity contribution in [3.05, 3.63) is 89.6 Å². The van der Waals surface area contributed by atoms with Gasteiger partial charge in [0.05, 0.1) is 19.9 Å². The van der Waals surface area contributed by atoms with Gasteiger partial charge in [0.1, 0.15) is 28.8 Å². The normalized spacial score (nSPS) is 14.7. The van der Waals surface area contributed by atoms with Crippen LogP contribution in [0.4, 0.5) is 5.69 Å². The average Bonchev–Trinajstić information content (AvgIpc) is 3.10. The first-order valence-corrected chi connectivity index (χ1v) is 9.31. The second-order valence-corrected chi connectivity index (χ2v) is 6.63. The van der Waals surface area contributed by atoms with Crippen molar-refractivity contribution in [3.8, 4) is 17.2 Å². The Morgan fingerprint density at radius 3 is 2.27 bits per heavy atom. The maximum Gasteiger partial charge on any atom is 0.282 e. The molecule has 0 unspecified atom stereocenters. The molecule has 1 N–H and O–H groups in total. The quantitative estimate of drug-likeness (QED) is 0.650. The molecule has 1 heterocycles. The highest BCUT2D eigenvalue weighted by molar-refractivity contribution is 6.33. The predicted molar refractivity (Wildman–Crippen MR) is 116 cm³/mol. The first kappa shape index (κ1) is 19.3. The number of carbonyl (C=O) groups is 1. The van der Waals surface area contributed by atoms with Crippen LogP contribution in [0.15, 0.2) is 83.5 Å². The molecule has 1 aliphatic rings. The molecule has 1 amide bonds. The average molecular weight is 400 g/mol. The molecule has 3 aromatic carbocycles. The summed E-state index contributed by atoms with van der Waals surface area (Å²) in [7, 11) is 3.20. The molecule has 6 nitrogen and oxygen atoms in total. The lowest BCUT2D eigenvalue weighted by Crippen LogP contribution is -2.32.